The number of nitrogens with one attached hydrogen (secondary N) is 3. The van der Waals surface area contributed by atoms with Crippen LogP contribution in [0.25, 0.3) is 10.9 Å². The molecule has 0 bridgehead atoms. The largest absolute Gasteiger partial charge is 0.346 e. The summed E-state index contributed by atoms with van der Waals surface area (Å²) >= 11 is 0. The molecule has 1 heterocycles. The van der Waals surface area contributed by atoms with Gasteiger partial charge in [0.25, 0.3) is 5.56 Å². The molecule has 0 saturated heterocycles. The Labute approximate surface area is 138 Å². The third kappa shape index (κ3) is 4.64. The molecule has 0 aliphatic heterocycles. The second-order valence-electron chi connectivity index (χ2n) is 5.40. The molecule has 0 radical (unpaired) electrons. The monoisotopic (exact) mass is 331 g/mol. The average Bonchev–Trinajstić information content (AvgIpc) is 2.58. The topological polar surface area (TPSA) is 143 Å². The number of hydrogen-bond acceptors (Lipinski definition) is 5. The molecule has 8 nitrogen and oxygen atoms in total. The van der Waals surface area contributed by atoms with E-state index in [0.717, 1.165) is 5.39 Å². The van der Waals surface area contributed by atoms with Gasteiger partial charge in [0.2, 0.25) is 11.8 Å². The number of nitrogens with two attached hydrogens (primary N) is 2. The van der Waals surface area contributed by atoms with Crippen molar-refractivity contribution in [2.45, 2.75) is 18.9 Å². The first-order chi connectivity index (χ1) is 11.5. The summed E-state index contributed by atoms with van der Waals surface area (Å²) in [5.74, 6) is -0.929. The summed E-state index contributed by atoms with van der Waals surface area (Å²) in [6, 6.07) is 8.10. The van der Waals surface area contributed by atoms with E-state index >= 15 is 0 Å². The van der Waals surface area contributed by atoms with Crippen molar-refractivity contribution in [2.75, 3.05) is 18.4 Å². The van der Waals surface area contributed by atoms with Gasteiger partial charge >= 0.3 is 0 Å². The first kappa shape index (κ1) is 17.6. The lowest BCUT2D eigenvalue weighted by Crippen LogP contribution is -2.44. The number of benzene rings is 1. The molecule has 2 aromatic rings. The van der Waals surface area contributed by atoms with Crippen molar-refractivity contribution in [1.29, 1.82) is 0 Å². The summed E-state index contributed by atoms with van der Waals surface area (Å²) in [5.41, 5.74) is 11.4. The van der Waals surface area contributed by atoms with Crippen LogP contribution in [-0.2, 0) is 9.59 Å². The fourth-order valence-corrected chi connectivity index (χ4v) is 2.20. The Morgan fingerprint density at radius 2 is 2.00 bits per heavy atom. The lowest BCUT2D eigenvalue weighted by atomic mass is 10.1. The van der Waals surface area contributed by atoms with Gasteiger partial charge in [-0.2, -0.15) is 0 Å². The number of amides is 2. The minimum atomic E-state index is -0.703. The van der Waals surface area contributed by atoms with E-state index in [4.69, 9.17) is 11.5 Å². The van der Waals surface area contributed by atoms with Crippen molar-refractivity contribution in [3.63, 3.8) is 0 Å². The maximum atomic E-state index is 11.9. The molecular weight excluding hydrogens is 310 g/mol. The molecule has 0 aliphatic rings. The van der Waals surface area contributed by atoms with Crippen molar-refractivity contribution in [3.05, 3.63) is 40.7 Å². The van der Waals surface area contributed by atoms with E-state index in [2.05, 4.69) is 15.6 Å². The summed E-state index contributed by atoms with van der Waals surface area (Å²) in [6.07, 6.45) is 1.08. The molecule has 24 heavy (non-hydrogen) atoms. The highest BCUT2D eigenvalue weighted by atomic mass is 16.2. The Balaban J connectivity index is 1.94. The Hall–Kier alpha value is -2.71. The number of fused-ring (bicyclic) bond motifs is 1. The molecule has 0 saturated carbocycles. The van der Waals surface area contributed by atoms with Gasteiger partial charge in [-0.15, -0.1) is 0 Å². The zero-order valence-corrected chi connectivity index (χ0v) is 13.2. The number of aromatic nitrogens is 1. The maximum Gasteiger partial charge on any atom is 0.272 e. The van der Waals surface area contributed by atoms with Crippen LogP contribution in [0.15, 0.2) is 35.1 Å². The summed E-state index contributed by atoms with van der Waals surface area (Å²) < 4.78 is 0. The predicted molar refractivity (Wildman–Crippen MR) is 92.5 cm³/mol. The van der Waals surface area contributed by atoms with Gasteiger partial charge in [0.15, 0.2) is 0 Å². The van der Waals surface area contributed by atoms with Gasteiger partial charge in [-0.05, 0) is 31.5 Å². The van der Waals surface area contributed by atoms with Gasteiger partial charge in [0, 0.05) is 10.9 Å². The highest BCUT2D eigenvalue weighted by Crippen LogP contribution is 2.12. The van der Waals surface area contributed by atoms with E-state index < -0.39 is 23.4 Å². The van der Waals surface area contributed by atoms with Crippen LogP contribution < -0.4 is 27.7 Å². The Morgan fingerprint density at radius 3 is 2.75 bits per heavy atom. The number of carbonyl (C=O) groups is 2. The first-order valence-corrected chi connectivity index (χ1v) is 7.66. The van der Waals surface area contributed by atoms with Crippen molar-refractivity contribution in [2.24, 2.45) is 11.5 Å². The number of H-pyrrole nitrogens is 1. The molecule has 1 aromatic carbocycles. The molecule has 128 valence electrons. The number of aromatic amines is 1. The highest BCUT2D eigenvalue weighted by molar-refractivity contribution is 5.96. The van der Waals surface area contributed by atoms with Gasteiger partial charge in [-0.3, -0.25) is 14.4 Å². The normalized spacial score (nSPS) is 11.9. The Kier molecular flexibility index (Phi) is 6.05. The molecule has 7 N–H and O–H groups in total. The third-order valence-electron chi connectivity index (χ3n) is 3.51. The zero-order valence-electron chi connectivity index (χ0n) is 13.2. The molecular formula is C16H21N5O3. The van der Waals surface area contributed by atoms with Crippen molar-refractivity contribution < 1.29 is 9.59 Å². The van der Waals surface area contributed by atoms with Gasteiger partial charge < -0.3 is 27.1 Å². The number of para-hydroxylation sites is 1. The van der Waals surface area contributed by atoms with Crippen LogP contribution in [0.2, 0.25) is 0 Å². The third-order valence-corrected chi connectivity index (χ3v) is 3.51. The van der Waals surface area contributed by atoms with Crippen LogP contribution in [0.5, 0.6) is 0 Å². The van der Waals surface area contributed by atoms with Gasteiger partial charge in [-0.1, -0.05) is 18.2 Å². The molecule has 2 rings (SSSR count). The lowest BCUT2D eigenvalue weighted by Gasteiger charge is -2.11. The summed E-state index contributed by atoms with van der Waals surface area (Å²) in [4.78, 5) is 38.2. The number of hydrogen-bond donors (Lipinski definition) is 5. The molecule has 0 fully saturated rings. The van der Waals surface area contributed by atoms with Gasteiger partial charge in [0.05, 0.1) is 12.6 Å². The minimum absolute atomic E-state index is 0.125. The number of rotatable bonds is 7. The molecule has 1 atom stereocenters. The standard InChI is InChI=1S/C16H21N5O3/c17-7-3-5-11(18)15(23)19-9-14(22)20-13-8-10-4-1-2-6-12(10)21-16(13)24/h1-2,4,6,8,11H,3,5,7,9,17-18H2,(H,19,23)(H,20,22)(H,21,24)/t11-/m0/s1. The van der Waals surface area contributed by atoms with E-state index in [9.17, 15) is 14.4 Å². The smallest absolute Gasteiger partial charge is 0.272 e. The fraction of sp³-hybridized carbons (Fsp3) is 0.312. The summed E-state index contributed by atoms with van der Waals surface area (Å²) in [5, 5.41) is 5.71. The Bertz CT molecular complexity index is 787. The minimum Gasteiger partial charge on any atom is -0.346 e. The molecule has 0 unspecified atom stereocenters. The van der Waals surface area contributed by atoms with E-state index in [1.54, 1.807) is 18.2 Å². The lowest BCUT2D eigenvalue weighted by molar-refractivity contribution is -0.125. The van der Waals surface area contributed by atoms with Crippen LogP contribution in [0, 0.1) is 0 Å². The molecule has 2 amide bonds. The summed E-state index contributed by atoms with van der Waals surface area (Å²) in [6.45, 7) is 0.188. The van der Waals surface area contributed by atoms with E-state index in [-0.39, 0.29) is 12.2 Å². The maximum absolute atomic E-state index is 11.9. The van der Waals surface area contributed by atoms with Crippen LogP contribution in [0.4, 0.5) is 5.69 Å². The first-order valence-electron chi connectivity index (χ1n) is 7.66. The fourth-order valence-electron chi connectivity index (χ4n) is 2.20. The second kappa shape index (κ2) is 8.23. The summed E-state index contributed by atoms with van der Waals surface area (Å²) in [7, 11) is 0. The van der Waals surface area contributed by atoms with E-state index in [0.29, 0.717) is 24.9 Å². The molecule has 8 heteroatoms. The van der Waals surface area contributed by atoms with Gasteiger partial charge in [0.1, 0.15) is 5.69 Å². The number of carbonyl (C=O) groups excluding carboxylic acids is 2. The van der Waals surface area contributed by atoms with Crippen molar-refractivity contribution >= 4 is 28.4 Å². The molecule has 0 spiro atoms. The Morgan fingerprint density at radius 1 is 1.25 bits per heavy atom. The number of anilines is 1. The SMILES string of the molecule is NCCC[C@H](N)C(=O)NCC(=O)Nc1cc2ccccc2[nH]c1=O. The highest BCUT2D eigenvalue weighted by Gasteiger charge is 2.14. The van der Waals surface area contributed by atoms with Crippen molar-refractivity contribution in [1.82, 2.24) is 10.3 Å². The molecule has 1 aromatic heterocycles. The van der Waals surface area contributed by atoms with Crippen molar-refractivity contribution in [3.8, 4) is 0 Å². The van der Waals surface area contributed by atoms with Crippen LogP contribution in [0.1, 0.15) is 12.8 Å². The van der Waals surface area contributed by atoms with Crippen LogP contribution in [-0.4, -0.2) is 35.9 Å². The van der Waals surface area contributed by atoms with E-state index in [1.165, 1.54) is 0 Å². The van der Waals surface area contributed by atoms with Crippen LogP contribution >= 0.6 is 0 Å². The molecule has 0 aliphatic carbocycles. The zero-order chi connectivity index (χ0) is 17.5. The quantitative estimate of drug-likeness (QED) is 0.471. The second-order valence-corrected chi connectivity index (χ2v) is 5.40. The number of pyridine rings is 1. The van der Waals surface area contributed by atoms with Gasteiger partial charge in [-0.25, -0.2) is 0 Å². The predicted octanol–water partition coefficient (Wildman–Crippen LogP) is -0.351. The van der Waals surface area contributed by atoms with Crippen LogP contribution in [0.3, 0.4) is 0 Å². The average molecular weight is 331 g/mol. The van der Waals surface area contributed by atoms with E-state index in [1.807, 2.05) is 12.1 Å².